The molecule has 0 saturated heterocycles. The van der Waals surface area contributed by atoms with E-state index in [1.54, 1.807) is 25.1 Å². The van der Waals surface area contributed by atoms with Crippen molar-refractivity contribution >= 4 is 17.5 Å². The Hall–Kier alpha value is -2.34. The lowest BCUT2D eigenvalue weighted by Crippen LogP contribution is -2.43. The van der Waals surface area contributed by atoms with Crippen molar-refractivity contribution in [3.05, 3.63) is 56.7 Å². The molecule has 2 aromatic rings. The summed E-state index contributed by atoms with van der Waals surface area (Å²) in [6.45, 7) is 4.16. The summed E-state index contributed by atoms with van der Waals surface area (Å²) in [7, 11) is 0. The Bertz CT molecular complexity index is 844. The Kier molecular flexibility index (Phi) is 5.08. The molecule has 0 spiro atoms. The van der Waals surface area contributed by atoms with Gasteiger partial charge in [-0.15, -0.1) is 0 Å². The molecule has 0 bridgehead atoms. The van der Waals surface area contributed by atoms with Crippen molar-refractivity contribution in [3.63, 3.8) is 0 Å². The van der Waals surface area contributed by atoms with E-state index in [1.165, 1.54) is 6.07 Å². The molecule has 1 saturated carbocycles. The van der Waals surface area contributed by atoms with Crippen molar-refractivity contribution in [2.75, 3.05) is 6.61 Å². The largest absolute Gasteiger partial charge is 0.492 e. The van der Waals surface area contributed by atoms with Gasteiger partial charge < -0.3 is 15.0 Å². The lowest BCUT2D eigenvalue weighted by Gasteiger charge is -2.35. The zero-order valence-electron chi connectivity index (χ0n) is 14.1. The summed E-state index contributed by atoms with van der Waals surface area (Å²) >= 11 is 6.12. The number of carbonyl (C=O) groups excluding carboxylic acids is 1. The smallest absolute Gasteiger partial charge is 0.251 e. The van der Waals surface area contributed by atoms with Crippen LogP contribution < -0.4 is 15.6 Å². The van der Waals surface area contributed by atoms with E-state index in [2.05, 4.69) is 15.3 Å². The second kappa shape index (κ2) is 7.27. The van der Waals surface area contributed by atoms with Gasteiger partial charge >= 0.3 is 0 Å². The van der Waals surface area contributed by atoms with Crippen LogP contribution in [0.2, 0.25) is 5.02 Å². The molecule has 0 aliphatic heterocycles. The molecular formula is C18H20ClN3O3. The zero-order chi connectivity index (χ0) is 18.0. The summed E-state index contributed by atoms with van der Waals surface area (Å²) < 4.78 is 5.37. The molecule has 1 amide bonds. The number of aromatic nitrogens is 2. The third-order valence-electron chi connectivity index (χ3n) is 4.27. The number of nitrogens with zero attached hydrogens (tertiary/aromatic N) is 1. The maximum Gasteiger partial charge on any atom is 0.251 e. The van der Waals surface area contributed by atoms with Gasteiger partial charge in [0.25, 0.3) is 11.5 Å². The molecular weight excluding hydrogens is 342 g/mol. The minimum absolute atomic E-state index is 0.0734. The van der Waals surface area contributed by atoms with Gasteiger partial charge in [0.1, 0.15) is 11.6 Å². The van der Waals surface area contributed by atoms with Gasteiger partial charge in [0.15, 0.2) is 0 Å². The molecule has 2 N–H and O–H groups in total. The van der Waals surface area contributed by atoms with Crippen LogP contribution in [0.1, 0.15) is 47.6 Å². The molecule has 1 aliphatic carbocycles. The molecule has 1 aromatic heterocycles. The Morgan fingerprint density at radius 1 is 1.40 bits per heavy atom. The summed E-state index contributed by atoms with van der Waals surface area (Å²) in [6, 6.07) is 6.61. The summed E-state index contributed by atoms with van der Waals surface area (Å²) in [5.74, 6) is 1.22. The topological polar surface area (TPSA) is 84.1 Å². The monoisotopic (exact) mass is 361 g/mol. The lowest BCUT2D eigenvalue weighted by atomic mass is 9.78. The van der Waals surface area contributed by atoms with Crippen LogP contribution in [0.3, 0.4) is 0 Å². The summed E-state index contributed by atoms with van der Waals surface area (Å²) in [5, 5.41) is 3.41. The Morgan fingerprint density at radius 2 is 2.16 bits per heavy atom. The van der Waals surface area contributed by atoms with Gasteiger partial charge in [-0.2, -0.15) is 0 Å². The van der Waals surface area contributed by atoms with E-state index >= 15 is 0 Å². The number of H-pyrrole nitrogens is 1. The van der Waals surface area contributed by atoms with Crippen LogP contribution in [0.25, 0.3) is 0 Å². The number of aryl methyl sites for hydroxylation is 1. The van der Waals surface area contributed by atoms with Crippen LogP contribution >= 0.6 is 11.6 Å². The molecule has 132 valence electrons. The fraction of sp³-hybridized carbons (Fsp3) is 0.389. The standard InChI is InChI=1S/C18H20ClN3O3/c1-3-25-16-5-4-11(8-14(16)19)18(24)22-13-6-12(7-13)15-9-17(23)21-10(2)20-15/h4-5,8-9,12-13H,3,6-7H2,1-2H3,(H,22,24)(H,20,21,23). The predicted molar refractivity (Wildman–Crippen MR) is 95.4 cm³/mol. The van der Waals surface area contributed by atoms with Crippen molar-refractivity contribution in [1.82, 2.24) is 15.3 Å². The van der Waals surface area contributed by atoms with E-state index in [-0.39, 0.29) is 23.4 Å². The molecule has 7 heteroatoms. The van der Waals surface area contributed by atoms with Crippen LogP contribution in [-0.4, -0.2) is 28.5 Å². The number of amides is 1. The molecule has 3 rings (SSSR count). The number of halogens is 1. The van der Waals surface area contributed by atoms with E-state index in [4.69, 9.17) is 16.3 Å². The molecule has 0 atom stereocenters. The summed E-state index contributed by atoms with van der Waals surface area (Å²) in [6.07, 6.45) is 1.54. The molecule has 1 heterocycles. The van der Waals surface area contributed by atoms with Gasteiger partial charge in [-0.05, 0) is 44.9 Å². The van der Waals surface area contributed by atoms with Gasteiger partial charge in [0, 0.05) is 23.6 Å². The van der Waals surface area contributed by atoms with Gasteiger partial charge in [-0.1, -0.05) is 11.6 Å². The minimum atomic E-state index is -0.163. The quantitative estimate of drug-likeness (QED) is 0.857. The number of hydrogen-bond acceptors (Lipinski definition) is 4. The first-order valence-corrected chi connectivity index (χ1v) is 8.65. The average molecular weight is 362 g/mol. The van der Waals surface area contributed by atoms with Crippen molar-refractivity contribution in [1.29, 1.82) is 0 Å². The number of rotatable bonds is 5. The number of carbonyl (C=O) groups is 1. The molecule has 1 aliphatic rings. The van der Waals surface area contributed by atoms with E-state index in [0.29, 0.717) is 28.8 Å². The van der Waals surface area contributed by atoms with E-state index in [1.807, 2.05) is 6.92 Å². The van der Waals surface area contributed by atoms with Crippen LogP contribution in [0, 0.1) is 6.92 Å². The number of benzene rings is 1. The first-order valence-electron chi connectivity index (χ1n) is 8.27. The van der Waals surface area contributed by atoms with Crippen molar-refractivity contribution in [3.8, 4) is 5.75 Å². The maximum atomic E-state index is 12.3. The van der Waals surface area contributed by atoms with E-state index < -0.39 is 0 Å². The fourth-order valence-electron chi connectivity index (χ4n) is 2.97. The molecule has 6 nitrogen and oxygen atoms in total. The Morgan fingerprint density at radius 3 is 2.80 bits per heavy atom. The highest BCUT2D eigenvalue weighted by atomic mass is 35.5. The van der Waals surface area contributed by atoms with Gasteiger partial charge in [0.2, 0.25) is 0 Å². The average Bonchev–Trinajstić information content (AvgIpc) is 2.51. The highest BCUT2D eigenvalue weighted by molar-refractivity contribution is 6.32. The predicted octanol–water partition coefficient (Wildman–Crippen LogP) is 2.81. The van der Waals surface area contributed by atoms with Gasteiger partial charge in [0.05, 0.1) is 17.3 Å². The maximum absolute atomic E-state index is 12.3. The summed E-state index contributed by atoms with van der Waals surface area (Å²) in [4.78, 5) is 30.9. The van der Waals surface area contributed by atoms with E-state index in [0.717, 1.165) is 18.5 Å². The fourth-order valence-corrected chi connectivity index (χ4v) is 3.21. The van der Waals surface area contributed by atoms with Crippen LogP contribution in [0.5, 0.6) is 5.75 Å². The van der Waals surface area contributed by atoms with Crippen molar-refractivity contribution in [2.24, 2.45) is 0 Å². The zero-order valence-corrected chi connectivity index (χ0v) is 14.9. The molecule has 0 radical (unpaired) electrons. The third-order valence-corrected chi connectivity index (χ3v) is 4.56. The first-order chi connectivity index (χ1) is 12.0. The van der Waals surface area contributed by atoms with E-state index in [9.17, 15) is 9.59 Å². The SMILES string of the molecule is CCOc1ccc(C(=O)NC2CC(c3cc(=O)[nH]c(C)n3)C2)cc1Cl. The third kappa shape index (κ3) is 4.02. The number of nitrogens with one attached hydrogen (secondary N) is 2. The Labute approximate surface area is 150 Å². The van der Waals surface area contributed by atoms with Crippen LogP contribution in [0.4, 0.5) is 0 Å². The van der Waals surface area contributed by atoms with Crippen LogP contribution in [0.15, 0.2) is 29.1 Å². The van der Waals surface area contributed by atoms with Gasteiger partial charge in [-0.3, -0.25) is 9.59 Å². The molecule has 25 heavy (non-hydrogen) atoms. The van der Waals surface area contributed by atoms with Crippen molar-refractivity contribution < 1.29 is 9.53 Å². The normalized spacial score (nSPS) is 19.2. The summed E-state index contributed by atoms with van der Waals surface area (Å²) in [5.41, 5.74) is 1.15. The number of aromatic amines is 1. The highest BCUT2D eigenvalue weighted by Gasteiger charge is 2.33. The molecule has 0 unspecified atom stereocenters. The van der Waals surface area contributed by atoms with Crippen LogP contribution in [-0.2, 0) is 0 Å². The molecule has 1 aromatic carbocycles. The van der Waals surface area contributed by atoms with Gasteiger partial charge in [-0.25, -0.2) is 4.98 Å². The molecule has 1 fully saturated rings. The number of ether oxygens (including phenoxy) is 1. The second-order valence-corrected chi connectivity index (χ2v) is 6.58. The Balaban J connectivity index is 1.58. The highest BCUT2D eigenvalue weighted by Crippen LogP contribution is 2.35. The minimum Gasteiger partial charge on any atom is -0.492 e. The number of hydrogen-bond donors (Lipinski definition) is 2. The second-order valence-electron chi connectivity index (χ2n) is 6.17. The first kappa shape index (κ1) is 17.5. The van der Waals surface area contributed by atoms with Crippen molar-refractivity contribution in [2.45, 2.75) is 38.6 Å². The lowest BCUT2D eigenvalue weighted by molar-refractivity contribution is 0.0908.